The van der Waals surface area contributed by atoms with Crippen LogP contribution in [-0.2, 0) is 4.79 Å². The van der Waals surface area contributed by atoms with Gasteiger partial charge in [-0.15, -0.1) is 0 Å². The maximum absolute atomic E-state index is 11.9. The highest BCUT2D eigenvalue weighted by atomic mass is 16.4. The van der Waals surface area contributed by atoms with E-state index in [4.69, 9.17) is 10.2 Å². The number of hydrogen-bond acceptors (Lipinski definition) is 3. The average molecular weight is 244 g/mol. The third-order valence-corrected chi connectivity index (χ3v) is 3.08. The second kappa shape index (κ2) is 6.44. The minimum Gasteiger partial charge on any atom is -0.480 e. The van der Waals surface area contributed by atoms with Gasteiger partial charge >= 0.3 is 12.0 Å². The normalized spacial score (nSPS) is 22.0. The Morgan fingerprint density at radius 1 is 1.47 bits per heavy atom. The lowest BCUT2D eigenvalue weighted by atomic mass is 10.0. The van der Waals surface area contributed by atoms with Crippen LogP contribution in [-0.4, -0.2) is 52.3 Å². The van der Waals surface area contributed by atoms with Crippen LogP contribution in [0.15, 0.2) is 0 Å². The number of nitrogens with zero attached hydrogens (tertiary/aromatic N) is 1. The van der Waals surface area contributed by atoms with Crippen LogP contribution in [0.3, 0.4) is 0 Å². The number of carbonyl (C=O) groups excluding carboxylic acids is 1. The minimum atomic E-state index is -1.11. The molecule has 1 unspecified atom stereocenters. The quantitative estimate of drug-likeness (QED) is 0.668. The van der Waals surface area contributed by atoms with Gasteiger partial charge < -0.3 is 20.4 Å². The van der Waals surface area contributed by atoms with Crippen LogP contribution in [0.25, 0.3) is 0 Å². The van der Waals surface area contributed by atoms with E-state index in [1.165, 1.54) is 0 Å². The van der Waals surface area contributed by atoms with Crippen molar-refractivity contribution in [3.05, 3.63) is 0 Å². The summed E-state index contributed by atoms with van der Waals surface area (Å²) in [6.45, 7) is 2.37. The lowest BCUT2D eigenvalue weighted by Gasteiger charge is -2.34. The van der Waals surface area contributed by atoms with Crippen molar-refractivity contribution in [1.29, 1.82) is 0 Å². The van der Waals surface area contributed by atoms with Gasteiger partial charge in [0.25, 0.3) is 0 Å². The summed E-state index contributed by atoms with van der Waals surface area (Å²) < 4.78 is 0. The van der Waals surface area contributed by atoms with Crippen molar-refractivity contribution in [3.63, 3.8) is 0 Å². The zero-order valence-electron chi connectivity index (χ0n) is 10.1. The minimum absolute atomic E-state index is 0.0310. The summed E-state index contributed by atoms with van der Waals surface area (Å²) in [7, 11) is 0. The van der Waals surface area contributed by atoms with Crippen molar-refractivity contribution in [2.75, 3.05) is 13.2 Å². The Morgan fingerprint density at radius 3 is 2.71 bits per heavy atom. The number of amides is 2. The van der Waals surface area contributed by atoms with Crippen molar-refractivity contribution < 1.29 is 19.8 Å². The van der Waals surface area contributed by atoms with Gasteiger partial charge in [0.15, 0.2) is 0 Å². The van der Waals surface area contributed by atoms with Gasteiger partial charge in [-0.05, 0) is 26.2 Å². The molecule has 1 aliphatic heterocycles. The molecule has 1 heterocycles. The highest BCUT2D eigenvalue weighted by Gasteiger charge is 2.27. The number of carboxylic acid groups (broad SMARTS) is 1. The number of carboxylic acids is 1. The SMILES string of the molecule is CC1CCCCN1C(=O)N[C@H](CCO)C(=O)O. The smallest absolute Gasteiger partial charge is 0.326 e. The molecule has 2 atom stereocenters. The van der Waals surface area contributed by atoms with Crippen molar-refractivity contribution in [2.24, 2.45) is 0 Å². The van der Waals surface area contributed by atoms with E-state index >= 15 is 0 Å². The molecule has 17 heavy (non-hydrogen) atoms. The van der Waals surface area contributed by atoms with E-state index in [0.29, 0.717) is 6.54 Å². The topological polar surface area (TPSA) is 89.9 Å². The first-order chi connectivity index (χ1) is 8.06. The van der Waals surface area contributed by atoms with E-state index in [2.05, 4.69) is 5.32 Å². The second-order valence-electron chi connectivity index (χ2n) is 4.39. The number of aliphatic hydroxyl groups is 1. The lowest BCUT2D eigenvalue weighted by molar-refractivity contribution is -0.139. The fourth-order valence-electron chi connectivity index (χ4n) is 2.02. The molecule has 2 amide bonds. The van der Waals surface area contributed by atoms with E-state index in [-0.39, 0.29) is 25.1 Å². The number of carbonyl (C=O) groups is 2. The molecule has 1 aliphatic rings. The molecule has 6 heteroatoms. The summed E-state index contributed by atoms with van der Waals surface area (Å²) in [6.07, 6.45) is 3.04. The van der Waals surface area contributed by atoms with Crippen LogP contribution in [0.2, 0.25) is 0 Å². The van der Waals surface area contributed by atoms with Gasteiger partial charge in [-0.25, -0.2) is 9.59 Å². The predicted octanol–water partition coefficient (Wildman–Crippen LogP) is 0.406. The summed E-state index contributed by atoms with van der Waals surface area (Å²) >= 11 is 0. The summed E-state index contributed by atoms with van der Waals surface area (Å²) in [6, 6.07) is -1.22. The second-order valence-corrected chi connectivity index (χ2v) is 4.39. The predicted molar refractivity (Wildman–Crippen MR) is 61.7 cm³/mol. The molecule has 0 spiro atoms. The Morgan fingerprint density at radius 2 is 2.18 bits per heavy atom. The number of urea groups is 1. The Kier molecular flexibility index (Phi) is 5.21. The molecule has 0 aliphatic carbocycles. The first-order valence-electron chi connectivity index (χ1n) is 5.97. The Balaban J connectivity index is 2.53. The molecule has 1 rings (SSSR count). The number of likely N-dealkylation sites (tertiary alicyclic amines) is 1. The molecule has 0 radical (unpaired) electrons. The Labute approximate surface area is 101 Å². The van der Waals surface area contributed by atoms with E-state index in [9.17, 15) is 9.59 Å². The number of piperidine rings is 1. The van der Waals surface area contributed by atoms with Crippen LogP contribution in [0.4, 0.5) is 4.79 Å². The third kappa shape index (κ3) is 3.89. The van der Waals surface area contributed by atoms with Gasteiger partial charge in [0.1, 0.15) is 6.04 Å². The standard InChI is InChI=1S/C11H20N2O4/c1-8-4-2-3-6-13(8)11(17)12-9(5-7-14)10(15)16/h8-9,14H,2-7H2,1H3,(H,12,17)(H,15,16)/t8?,9-/m1/s1. The summed E-state index contributed by atoms with van der Waals surface area (Å²) in [5.41, 5.74) is 0. The average Bonchev–Trinajstić information content (AvgIpc) is 2.28. The van der Waals surface area contributed by atoms with Crippen molar-refractivity contribution in [3.8, 4) is 0 Å². The highest BCUT2D eigenvalue weighted by Crippen LogP contribution is 2.16. The van der Waals surface area contributed by atoms with Crippen LogP contribution in [0.1, 0.15) is 32.6 Å². The molecule has 1 saturated heterocycles. The van der Waals surface area contributed by atoms with Gasteiger partial charge in [-0.2, -0.15) is 0 Å². The van der Waals surface area contributed by atoms with Crippen molar-refractivity contribution in [2.45, 2.75) is 44.7 Å². The first kappa shape index (κ1) is 13.8. The molecule has 3 N–H and O–H groups in total. The summed E-state index contributed by atoms with van der Waals surface area (Å²) in [4.78, 5) is 24.4. The Bertz CT molecular complexity index is 283. The van der Waals surface area contributed by atoms with Gasteiger partial charge in [0.2, 0.25) is 0 Å². The van der Waals surface area contributed by atoms with Crippen molar-refractivity contribution >= 4 is 12.0 Å². The molecule has 1 fully saturated rings. The molecule has 6 nitrogen and oxygen atoms in total. The summed E-state index contributed by atoms with van der Waals surface area (Å²) in [5, 5.41) is 20.1. The van der Waals surface area contributed by atoms with E-state index in [1.54, 1.807) is 4.90 Å². The monoisotopic (exact) mass is 244 g/mol. The highest BCUT2D eigenvalue weighted by molar-refractivity contribution is 5.82. The van der Waals surface area contributed by atoms with Crippen LogP contribution < -0.4 is 5.32 Å². The largest absolute Gasteiger partial charge is 0.480 e. The number of aliphatic carboxylic acids is 1. The number of rotatable bonds is 4. The molecular formula is C11H20N2O4. The van der Waals surface area contributed by atoms with Gasteiger partial charge in [0, 0.05) is 25.6 Å². The molecule has 0 bridgehead atoms. The van der Waals surface area contributed by atoms with E-state index < -0.39 is 12.0 Å². The molecular weight excluding hydrogens is 224 g/mol. The zero-order chi connectivity index (χ0) is 12.8. The molecule has 0 saturated carbocycles. The molecule has 0 aromatic heterocycles. The summed E-state index contributed by atoms with van der Waals surface area (Å²) in [5.74, 6) is -1.11. The fourth-order valence-corrected chi connectivity index (χ4v) is 2.02. The third-order valence-electron chi connectivity index (χ3n) is 3.08. The fraction of sp³-hybridized carbons (Fsp3) is 0.818. The maximum Gasteiger partial charge on any atom is 0.326 e. The van der Waals surface area contributed by atoms with Gasteiger partial charge in [-0.1, -0.05) is 0 Å². The van der Waals surface area contributed by atoms with Crippen LogP contribution in [0.5, 0.6) is 0 Å². The number of aliphatic hydroxyl groups excluding tert-OH is 1. The maximum atomic E-state index is 11.9. The number of nitrogens with one attached hydrogen (secondary N) is 1. The van der Waals surface area contributed by atoms with Gasteiger partial charge in [-0.3, -0.25) is 0 Å². The Hall–Kier alpha value is -1.30. The van der Waals surface area contributed by atoms with Crippen LogP contribution in [0, 0.1) is 0 Å². The zero-order valence-corrected chi connectivity index (χ0v) is 10.1. The lowest BCUT2D eigenvalue weighted by Crippen LogP contribution is -2.52. The first-order valence-corrected chi connectivity index (χ1v) is 5.97. The van der Waals surface area contributed by atoms with E-state index in [1.807, 2.05) is 6.92 Å². The van der Waals surface area contributed by atoms with Crippen LogP contribution >= 0.6 is 0 Å². The number of hydrogen-bond donors (Lipinski definition) is 3. The molecule has 0 aromatic rings. The van der Waals surface area contributed by atoms with Gasteiger partial charge in [0.05, 0.1) is 0 Å². The van der Waals surface area contributed by atoms with Crippen molar-refractivity contribution in [1.82, 2.24) is 10.2 Å². The molecule has 98 valence electrons. The van der Waals surface area contributed by atoms with E-state index in [0.717, 1.165) is 19.3 Å². The molecule has 0 aromatic carbocycles.